The van der Waals surface area contributed by atoms with Crippen molar-refractivity contribution in [2.24, 2.45) is 5.73 Å². The van der Waals surface area contributed by atoms with Gasteiger partial charge in [-0.2, -0.15) is 5.26 Å². The summed E-state index contributed by atoms with van der Waals surface area (Å²) in [7, 11) is 0. The van der Waals surface area contributed by atoms with Gasteiger partial charge < -0.3 is 16.2 Å². The van der Waals surface area contributed by atoms with Crippen molar-refractivity contribution < 1.29 is 4.74 Å². The van der Waals surface area contributed by atoms with Gasteiger partial charge in [0, 0.05) is 28.3 Å². The first-order chi connectivity index (χ1) is 12.5. The lowest BCUT2D eigenvalue weighted by Crippen LogP contribution is -2.21. The van der Waals surface area contributed by atoms with Gasteiger partial charge in [-0.25, -0.2) is 4.98 Å². The number of allylic oxidation sites excluding steroid dienone is 1. The van der Waals surface area contributed by atoms with Gasteiger partial charge in [0.25, 0.3) is 0 Å². The smallest absolute Gasteiger partial charge is 0.205 e. The maximum Gasteiger partial charge on any atom is 0.205 e. The molecule has 0 amide bonds. The molecule has 1 aliphatic rings. The Labute approximate surface area is 155 Å². The molecule has 26 heavy (non-hydrogen) atoms. The summed E-state index contributed by atoms with van der Waals surface area (Å²) in [6.07, 6.45) is 0. The largest absolute Gasteiger partial charge is 0.440 e. The molecular formula is C20H15ClN4O. The Hall–Kier alpha value is -3.23. The predicted molar refractivity (Wildman–Crippen MR) is 102 cm³/mol. The Balaban J connectivity index is 2.00. The Kier molecular flexibility index (Phi) is 3.71. The highest BCUT2D eigenvalue weighted by atomic mass is 35.5. The minimum absolute atomic E-state index is 0.0519. The van der Waals surface area contributed by atoms with Crippen molar-refractivity contribution >= 4 is 28.2 Å². The molecular weight excluding hydrogens is 348 g/mol. The number of aromatic nitrogens is 1. The van der Waals surface area contributed by atoms with Crippen LogP contribution in [0.5, 0.6) is 5.75 Å². The maximum atomic E-state index is 9.67. The zero-order valence-corrected chi connectivity index (χ0v) is 14.7. The number of ether oxygens (including phenoxy) is 1. The third-order valence-electron chi connectivity index (χ3n) is 4.50. The van der Waals surface area contributed by atoms with Crippen molar-refractivity contribution in [3.8, 4) is 11.8 Å². The van der Waals surface area contributed by atoms with Crippen molar-refractivity contribution in [3.05, 3.63) is 75.8 Å². The summed E-state index contributed by atoms with van der Waals surface area (Å²) in [6.45, 7) is 2.01. The van der Waals surface area contributed by atoms with E-state index in [0.29, 0.717) is 27.7 Å². The average molecular weight is 363 g/mol. The number of hydrogen-bond acceptors (Lipinski definition) is 5. The lowest BCUT2D eigenvalue weighted by atomic mass is 9.83. The van der Waals surface area contributed by atoms with Crippen LogP contribution >= 0.6 is 11.6 Å². The van der Waals surface area contributed by atoms with E-state index >= 15 is 0 Å². The molecule has 2 heterocycles. The van der Waals surface area contributed by atoms with Gasteiger partial charge in [-0.15, -0.1) is 0 Å². The topological polar surface area (TPSA) is 98.0 Å². The SMILES string of the molecule is Cc1ccc2nc(Cl)c([C@H]3C(C#N)=C(N)Oc4cc(N)ccc43)cc2c1. The van der Waals surface area contributed by atoms with Crippen LogP contribution in [0, 0.1) is 18.3 Å². The summed E-state index contributed by atoms with van der Waals surface area (Å²) < 4.78 is 5.61. The number of hydrogen-bond donors (Lipinski definition) is 2. The lowest BCUT2D eigenvalue weighted by Gasteiger charge is -2.27. The van der Waals surface area contributed by atoms with Crippen LogP contribution in [-0.2, 0) is 0 Å². The van der Waals surface area contributed by atoms with Crippen molar-refractivity contribution in [1.82, 2.24) is 4.98 Å². The number of nitrogens with zero attached hydrogens (tertiary/aromatic N) is 2. The number of halogens is 1. The van der Waals surface area contributed by atoms with Crippen LogP contribution in [-0.4, -0.2) is 4.98 Å². The average Bonchev–Trinajstić information content (AvgIpc) is 2.60. The van der Waals surface area contributed by atoms with Crippen LogP contribution in [0.2, 0.25) is 5.15 Å². The fraction of sp³-hybridized carbons (Fsp3) is 0.100. The van der Waals surface area contributed by atoms with E-state index in [9.17, 15) is 5.26 Å². The van der Waals surface area contributed by atoms with Gasteiger partial charge in [0.1, 0.15) is 22.5 Å². The molecule has 0 saturated heterocycles. The highest BCUT2D eigenvalue weighted by molar-refractivity contribution is 6.30. The van der Waals surface area contributed by atoms with E-state index in [1.54, 1.807) is 12.1 Å². The number of nitrogens with two attached hydrogens (primary N) is 2. The van der Waals surface area contributed by atoms with Gasteiger partial charge in [0.2, 0.25) is 5.88 Å². The third-order valence-corrected chi connectivity index (χ3v) is 4.81. The lowest BCUT2D eigenvalue weighted by molar-refractivity contribution is 0.394. The van der Waals surface area contributed by atoms with Gasteiger partial charge in [-0.05, 0) is 31.2 Å². The quantitative estimate of drug-likeness (QED) is 0.503. The van der Waals surface area contributed by atoms with Crippen LogP contribution in [0.25, 0.3) is 10.9 Å². The van der Waals surface area contributed by atoms with Gasteiger partial charge in [0.05, 0.1) is 11.4 Å². The molecule has 2 aromatic carbocycles. The minimum atomic E-state index is -0.464. The highest BCUT2D eigenvalue weighted by Crippen LogP contribution is 2.44. The molecule has 128 valence electrons. The summed E-state index contributed by atoms with van der Waals surface area (Å²) in [6, 6.07) is 15.3. The molecule has 6 heteroatoms. The summed E-state index contributed by atoms with van der Waals surface area (Å²) in [5, 5.41) is 10.9. The fourth-order valence-corrected chi connectivity index (χ4v) is 3.54. The first-order valence-electron chi connectivity index (χ1n) is 8.01. The molecule has 1 aliphatic heterocycles. The molecule has 5 nitrogen and oxygen atoms in total. The number of aryl methyl sites for hydroxylation is 1. The molecule has 0 unspecified atom stereocenters. The second-order valence-corrected chi connectivity index (χ2v) is 6.64. The van der Waals surface area contributed by atoms with Crippen molar-refractivity contribution in [2.45, 2.75) is 12.8 Å². The second kappa shape index (κ2) is 5.94. The monoisotopic (exact) mass is 362 g/mol. The van der Waals surface area contributed by atoms with Crippen molar-refractivity contribution in [2.75, 3.05) is 5.73 Å². The normalized spacial score (nSPS) is 16.1. The molecule has 0 saturated carbocycles. The Morgan fingerprint density at radius 3 is 2.69 bits per heavy atom. The maximum absolute atomic E-state index is 9.67. The molecule has 1 aromatic heterocycles. The minimum Gasteiger partial charge on any atom is -0.440 e. The third kappa shape index (κ3) is 2.52. The molecule has 4 N–H and O–H groups in total. The van der Waals surface area contributed by atoms with E-state index in [0.717, 1.165) is 22.0 Å². The summed E-state index contributed by atoms with van der Waals surface area (Å²) in [5.41, 5.74) is 16.1. The van der Waals surface area contributed by atoms with E-state index in [-0.39, 0.29) is 5.88 Å². The number of anilines is 1. The van der Waals surface area contributed by atoms with Crippen molar-refractivity contribution in [1.29, 1.82) is 5.26 Å². The first-order valence-corrected chi connectivity index (χ1v) is 8.39. The first kappa shape index (κ1) is 16.2. The van der Waals surface area contributed by atoms with Crippen molar-refractivity contribution in [3.63, 3.8) is 0 Å². The molecule has 4 rings (SSSR count). The zero-order valence-electron chi connectivity index (χ0n) is 14.0. The zero-order chi connectivity index (χ0) is 18.4. The van der Waals surface area contributed by atoms with E-state index < -0.39 is 5.92 Å². The van der Waals surface area contributed by atoms with Gasteiger partial charge >= 0.3 is 0 Å². The van der Waals surface area contributed by atoms with Crippen LogP contribution in [0.4, 0.5) is 5.69 Å². The van der Waals surface area contributed by atoms with Gasteiger partial charge in [-0.1, -0.05) is 29.3 Å². The van der Waals surface area contributed by atoms with Crippen LogP contribution in [0.1, 0.15) is 22.6 Å². The van der Waals surface area contributed by atoms with E-state index in [2.05, 4.69) is 11.1 Å². The van der Waals surface area contributed by atoms with E-state index in [1.807, 2.05) is 37.3 Å². The molecule has 3 aromatic rings. The highest BCUT2D eigenvalue weighted by Gasteiger charge is 2.32. The Morgan fingerprint density at radius 1 is 1.12 bits per heavy atom. The van der Waals surface area contributed by atoms with Gasteiger partial charge in [0.15, 0.2) is 0 Å². The number of nitrogen functional groups attached to an aromatic ring is 1. The number of pyridine rings is 1. The van der Waals surface area contributed by atoms with E-state index in [1.165, 1.54) is 0 Å². The second-order valence-electron chi connectivity index (χ2n) is 6.29. The number of benzene rings is 2. The Morgan fingerprint density at radius 2 is 1.92 bits per heavy atom. The van der Waals surface area contributed by atoms with Gasteiger partial charge in [-0.3, -0.25) is 0 Å². The molecule has 0 aliphatic carbocycles. The fourth-order valence-electron chi connectivity index (χ4n) is 3.28. The summed E-state index contributed by atoms with van der Waals surface area (Å²) >= 11 is 6.49. The van der Waals surface area contributed by atoms with E-state index in [4.69, 9.17) is 27.8 Å². The molecule has 0 spiro atoms. The van der Waals surface area contributed by atoms with Crippen LogP contribution in [0.15, 0.2) is 53.9 Å². The molecule has 0 fully saturated rings. The molecule has 0 bridgehead atoms. The van der Waals surface area contributed by atoms with Crippen LogP contribution in [0.3, 0.4) is 0 Å². The predicted octanol–water partition coefficient (Wildman–Crippen LogP) is 4.00. The Bertz CT molecular complexity index is 1130. The summed E-state index contributed by atoms with van der Waals surface area (Å²) in [5.74, 6) is 0.108. The number of rotatable bonds is 1. The number of fused-ring (bicyclic) bond motifs is 2. The molecule has 1 atom stereocenters. The summed E-state index contributed by atoms with van der Waals surface area (Å²) in [4.78, 5) is 4.50. The van der Waals surface area contributed by atoms with Crippen LogP contribution < -0.4 is 16.2 Å². The molecule has 0 radical (unpaired) electrons. The number of nitriles is 1. The standard InChI is InChI=1S/C20H15ClN4O/c1-10-2-5-16-11(6-10)7-14(19(21)25-16)18-13-4-3-12(23)8-17(13)26-20(24)15(18)9-22/h2-8,18H,23-24H2,1H3/t18-/m0/s1.